The molecule has 0 fully saturated rings. The molecule has 0 aliphatic heterocycles. The zero-order chi connectivity index (χ0) is 18.5. The average molecular weight is 541 g/mol. The first kappa shape index (κ1) is 19.7. The predicted molar refractivity (Wildman–Crippen MR) is 106 cm³/mol. The summed E-state index contributed by atoms with van der Waals surface area (Å²) in [4.78, 5) is 15.8. The molecule has 0 saturated carbocycles. The van der Waals surface area contributed by atoms with E-state index in [0.717, 1.165) is 22.0 Å². The second kappa shape index (κ2) is 9.23. The maximum absolute atomic E-state index is 11.6. The van der Waals surface area contributed by atoms with Gasteiger partial charge >= 0.3 is 20.1 Å². The van der Waals surface area contributed by atoms with E-state index in [1.54, 1.807) is 42.6 Å². The van der Waals surface area contributed by atoms with Gasteiger partial charge in [-0.25, -0.2) is 5.39 Å². The summed E-state index contributed by atoms with van der Waals surface area (Å²) in [5.74, 6) is 0. The third kappa shape index (κ3) is 4.25. The SMILES string of the molecule is O=c1oc2ccc[c-]c2c2[c-]cccc12.[Ir+3].[c-]1ccccc1-c1ccccn1. The molecule has 0 aliphatic rings. The van der Waals surface area contributed by atoms with Gasteiger partial charge in [0.1, 0.15) is 0 Å². The zero-order valence-electron chi connectivity index (χ0n) is 14.7. The van der Waals surface area contributed by atoms with E-state index in [1.807, 2.05) is 42.5 Å². The van der Waals surface area contributed by atoms with Crippen LogP contribution in [0.4, 0.5) is 0 Å². The minimum atomic E-state index is -0.325. The summed E-state index contributed by atoms with van der Waals surface area (Å²) in [5.41, 5.74) is 2.24. The van der Waals surface area contributed by atoms with Crippen molar-refractivity contribution in [2.24, 2.45) is 0 Å². The Morgan fingerprint density at radius 3 is 2.25 bits per heavy atom. The molecule has 5 rings (SSSR count). The summed E-state index contributed by atoms with van der Waals surface area (Å²) in [6.07, 6.45) is 1.79. The molecular weight excluding hydrogens is 526 g/mol. The third-order valence-corrected chi connectivity index (χ3v) is 4.00. The number of rotatable bonds is 1. The normalized spacial score (nSPS) is 10.0. The molecule has 0 amide bonds. The van der Waals surface area contributed by atoms with Gasteiger partial charge in [-0.1, -0.05) is 17.5 Å². The summed E-state index contributed by atoms with van der Waals surface area (Å²) in [6.45, 7) is 0. The molecule has 0 bridgehead atoms. The van der Waals surface area contributed by atoms with E-state index < -0.39 is 0 Å². The quantitative estimate of drug-likeness (QED) is 0.169. The van der Waals surface area contributed by atoms with Gasteiger partial charge in [0.05, 0.1) is 0 Å². The van der Waals surface area contributed by atoms with Crippen molar-refractivity contribution in [3.8, 4) is 11.3 Å². The smallest absolute Gasteiger partial charge is 0.489 e. The molecule has 0 atom stereocenters. The Labute approximate surface area is 176 Å². The van der Waals surface area contributed by atoms with E-state index >= 15 is 0 Å². The fourth-order valence-corrected chi connectivity index (χ4v) is 2.75. The van der Waals surface area contributed by atoms with Crippen LogP contribution in [-0.2, 0) is 20.1 Å². The summed E-state index contributed by atoms with van der Waals surface area (Å²) >= 11 is 0. The van der Waals surface area contributed by atoms with Crippen molar-refractivity contribution in [1.29, 1.82) is 0 Å². The molecule has 4 heteroatoms. The van der Waals surface area contributed by atoms with Crippen LogP contribution in [0.1, 0.15) is 0 Å². The third-order valence-electron chi connectivity index (χ3n) is 4.00. The van der Waals surface area contributed by atoms with Gasteiger partial charge in [-0.2, -0.15) is 29.7 Å². The predicted octanol–water partition coefficient (Wildman–Crippen LogP) is 5.09. The molecule has 0 spiro atoms. The van der Waals surface area contributed by atoms with Crippen LogP contribution in [0.25, 0.3) is 33.0 Å². The number of hydrogen-bond acceptors (Lipinski definition) is 3. The van der Waals surface area contributed by atoms with E-state index in [-0.39, 0.29) is 25.7 Å². The maximum atomic E-state index is 11.6. The number of fused-ring (bicyclic) bond motifs is 3. The molecule has 0 saturated heterocycles. The van der Waals surface area contributed by atoms with E-state index in [4.69, 9.17) is 4.42 Å². The molecule has 2 heterocycles. The van der Waals surface area contributed by atoms with Crippen LogP contribution in [0, 0.1) is 18.2 Å². The minimum absolute atomic E-state index is 0. The number of benzene rings is 3. The number of nitrogens with zero attached hydrogens (tertiary/aromatic N) is 1. The Balaban J connectivity index is 0.000000159. The Morgan fingerprint density at radius 2 is 1.50 bits per heavy atom. The fraction of sp³-hybridized carbons (Fsp3) is 0. The monoisotopic (exact) mass is 541 g/mol. The van der Waals surface area contributed by atoms with Gasteiger partial charge in [-0.15, -0.1) is 60.2 Å². The Kier molecular flexibility index (Phi) is 6.49. The molecule has 0 aliphatic carbocycles. The molecule has 28 heavy (non-hydrogen) atoms. The topological polar surface area (TPSA) is 43.1 Å². The van der Waals surface area contributed by atoms with Crippen LogP contribution in [0.2, 0.25) is 0 Å². The summed E-state index contributed by atoms with van der Waals surface area (Å²) in [6, 6.07) is 33.5. The van der Waals surface area contributed by atoms with Crippen molar-refractivity contribution in [2.45, 2.75) is 0 Å². The number of pyridine rings is 1. The molecule has 0 radical (unpaired) electrons. The zero-order valence-corrected chi connectivity index (χ0v) is 17.1. The molecule has 5 aromatic rings. The summed E-state index contributed by atoms with van der Waals surface area (Å²) < 4.78 is 5.17. The van der Waals surface area contributed by atoms with Gasteiger partial charge in [-0.3, -0.25) is 4.79 Å². The average Bonchev–Trinajstić information content (AvgIpc) is 2.76. The molecule has 3 nitrogen and oxygen atoms in total. The van der Waals surface area contributed by atoms with Gasteiger partial charge in [0.15, 0.2) is 0 Å². The second-order valence-electron chi connectivity index (χ2n) is 5.75. The van der Waals surface area contributed by atoms with Crippen LogP contribution in [0.3, 0.4) is 0 Å². The first-order valence-electron chi connectivity index (χ1n) is 8.45. The number of hydrogen-bond donors (Lipinski definition) is 0. The maximum Gasteiger partial charge on any atom is 3.00 e. The first-order valence-corrected chi connectivity index (χ1v) is 8.45. The van der Waals surface area contributed by atoms with Gasteiger partial charge in [-0.05, 0) is 11.8 Å². The molecular formula is C24H14IrNO2. The van der Waals surface area contributed by atoms with Crippen molar-refractivity contribution in [1.82, 2.24) is 4.98 Å². The van der Waals surface area contributed by atoms with Crippen molar-refractivity contribution >= 4 is 21.7 Å². The van der Waals surface area contributed by atoms with Crippen LogP contribution < -0.4 is 5.63 Å². The molecule has 0 unspecified atom stereocenters. The van der Waals surface area contributed by atoms with Crippen LogP contribution in [-0.4, -0.2) is 4.98 Å². The standard InChI is InChI=1S/C13H6O2.C11H8N.Ir/c14-13-11-7-2-1-5-9(11)10-6-3-4-8-12(10)15-13;1-2-6-10(7-3-1)11-8-4-5-9-12-11;/h1-4,7-8H;1-6,8-9H;/q-2;-1;+3. The van der Waals surface area contributed by atoms with E-state index in [1.165, 1.54) is 0 Å². The Morgan fingerprint density at radius 1 is 0.750 bits per heavy atom. The van der Waals surface area contributed by atoms with Crippen molar-refractivity contribution in [2.75, 3.05) is 0 Å². The number of aromatic nitrogens is 1. The van der Waals surface area contributed by atoms with Crippen molar-refractivity contribution in [3.05, 3.63) is 114 Å². The van der Waals surface area contributed by atoms with E-state index in [0.29, 0.717) is 11.0 Å². The summed E-state index contributed by atoms with van der Waals surface area (Å²) in [7, 11) is 0. The molecule has 0 N–H and O–H groups in total. The second-order valence-corrected chi connectivity index (χ2v) is 5.75. The molecule has 3 aromatic carbocycles. The van der Waals surface area contributed by atoms with Crippen LogP contribution >= 0.6 is 0 Å². The van der Waals surface area contributed by atoms with Crippen LogP contribution in [0.5, 0.6) is 0 Å². The van der Waals surface area contributed by atoms with Gasteiger partial charge < -0.3 is 9.40 Å². The minimum Gasteiger partial charge on any atom is -0.489 e. The van der Waals surface area contributed by atoms with E-state index in [2.05, 4.69) is 23.2 Å². The fourth-order valence-electron chi connectivity index (χ4n) is 2.75. The van der Waals surface area contributed by atoms with Crippen LogP contribution in [0.15, 0.2) is 94.3 Å². The van der Waals surface area contributed by atoms with Gasteiger partial charge in [0, 0.05) is 11.8 Å². The van der Waals surface area contributed by atoms with Crippen molar-refractivity contribution in [3.63, 3.8) is 0 Å². The Bertz CT molecular complexity index is 1200. The van der Waals surface area contributed by atoms with Crippen molar-refractivity contribution < 1.29 is 24.5 Å². The van der Waals surface area contributed by atoms with E-state index in [9.17, 15) is 4.79 Å². The largest absolute Gasteiger partial charge is 3.00 e. The summed E-state index contributed by atoms with van der Waals surface area (Å²) in [5, 5.41) is 2.12. The molecule has 2 aromatic heterocycles. The Hall–Kier alpha value is -3.07. The van der Waals surface area contributed by atoms with Gasteiger partial charge in [0.25, 0.3) is 5.63 Å². The first-order chi connectivity index (χ1) is 13.3. The molecule has 136 valence electrons. The van der Waals surface area contributed by atoms with Gasteiger partial charge in [0.2, 0.25) is 0 Å².